The second-order valence-electron chi connectivity index (χ2n) is 9.05. The molecular weight excluding hydrogens is 519 g/mol. The average molecular weight is 545 g/mol. The Bertz CT molecular complexity index is 1360. The third-order valence-corrected chi connectivity index (χ3v) is 6.80. The minimum Gasteiger partial charge on any atom is -0.481 e. The second kappa shape index (κ2) is 11.6. The fourth-order valence-electron chi connectivity index (χ4n) is 4.49. The second-order valence-corrected chi connectivity index (χ2v) is 9.45. The molecular formula is C26H26ClFN4O6. The molecule has 2 aromatic heterocycles. The minimum absolute atomic E-state index is 0.0599. The molecule has 1 aliphatic rings. The molecule has 12 heteroatoms. The van der Waals surface area contributed by atoms with Crippen LogP contribution in [-0.2, 0) is 14.3 Å². The standard InChI is InChI=1S/C26H26ClFN4O6/c1-13-21(31-26(36)37-14(2)16-7-5-6-10-19(16)27)23(38-32-13)22-20(28)11-15(12-29-22)30-24(33)17-8-3-4-9-18(17)25(34)35/h5-7,10-12,14,17-18H,3-4,8-9H2,1-2H3,(H,30,33)(H,31,36)(H,34,35)/t14-,17?,18?/m1/s1. The van der Waals surface area contributed by atoms with E-state index in [0.29, 0.717) is 23.4 Å². The first-order chi connectivity index (χ1) is 18.2. The van der Waals surface area contributed by atoms with E-state index in [9.17, 15) is 19.5 Å². The Hall–Kier alpha value is -3.99. The summed E-state index contributed by atoms with van der Waals surface area (Å²) in [5.41, 5.74) is 0.748. The van der Waals surface area contributed by atoms with E-state index in [1.807, 2.05) is 0 Å². The zero-order valence-corrected chi connectivity index (χ0v) is 21.4. The normalized spacial score (nSPS) is 17.9. The van der Waals surface area contributed by atoms with Gasteiger partial charge in [0, 0.05) is 16.7 Å². The number of carbonyl (C=O) groups is 3. The number of pyridine rings is 1. The van der Waals surface area contributed by atoms with Gasteiger partial charge >= 0.3 is 12.1 Å². The Balaban J connectivity index is 1.48. The van der Waals surface area contributed by atoms with Crippen molar-refractivity contribution in [3.8, 4) is 11.5 Å². The molecule has 0 aliphatic heterocycles. The van der Waals surface area contributed by atoms with Crippen molar-refractivity contribution < 1.29 is 33.1 Å². The maximum absolute atomic E-state index is 15.1. The van der Waals surface area contributed by atoms with Crippen molar-refractivity contribution in [2.45, 2.75) is 45.6 Å². The van der Waals surface area contributed by atoms with Crippen molar-refractivity contribution in [3.05, 3.63) is 58.6 Å². The molecule has 0 saturated heterocycles. The molecule has 2 amide bonds. The number of aliphatic carboxylic acids is 1. The zero-order valence-electron chi connectivity index (χ0n) is 20.7. The van der Waals surface area contributed by atoms with Crippen molar-refractivity contribution >= 4 is 40.9 Å². The van der Waals surface area contributed by atoms with Gasteiger partial charge in [0.15, 0.2) is 5.82 Å². The number of aryl methyl sites for hydroxylation is 1. The van der Waals surface area contributed by atoms with E-state index < -0.39 is 41.7 Å². The highest BCUT2D eigenvalue weighted by molar-refractivity contribution is 6.31. The van der Waals surface area contributed by atoms with Crippen LogP contribution in [-0.4, -0.2) is 33.2 Å². The molecule has 3 N–H and O–H groups in total. The Morgan fingerprint density at radius 3 is 2.58 bits per heavy atom. The van der Waals surface area contributed by atoms with Crippen LogP contribution in [0.25, 0.3) is 11.5 Å². The van der Waals surface area contributed by atoms with Gasteiger partial charge in [0.1, 0.15) is 23.2 Å². The number of carboxylic acids is 1. The lowest BCUT2D eigenvalue weighted by Crippen LogP contribution is -2.36. The predicted molar refractivity (Wildman–Crippen MR) is 136 cm³/mol. The van der Waals surface area contributed by atoms with E-state index in [4.69, 9.17) is 20.9 Å². The molecule has 0 bridgehead atoms. The molecule has 1 aliphatic carbocycles. The van der Waals surface area contributed by atoms with E-state index in [1.165, 1.54) is 6.20 Å². The van der Waals surface area contributed by atoms with E-state index in [2.05, 4.69) is 20.8 Å². The highest BCUT2D eigenvalue weighted by atomic mass is 35.5. The molecule has 0 spiro atoms. The van der Waals surface area contributed by atoms with Crippen LogP contribution in [0, 0.1) is 24.6 Å². The Labute approximate surface area is 222 Å². The molecule has 0 radical (unpaired) electrons. The number of carbonyl (C=O) groups excluding carboxylic acids is 2. The van der Waals surface area contributed by atoms with Gasteiger partial charge in [0.05, 0.1) is 23.7 Å². The number of halogens is 2. The van der Waals surface area contributed by atoms with Crippen molar-refractivity contribution in [2.75, 3.05) is 10.6 Å². The van der Waals surface area contributed by atoms with Gasteiger partial charge in [-0.1, -0.05) is 47.8 Å². The average Bonchev–Trinajstić information content (AvgIpc) is 3.23. The van der Waals surface area contributed by atoms with Gasteiger partial charge in [0.25, 0.3) is 0 Å². The number of rotatable bonds is 7. The number of benzene rings is 1. The number of hydrogen-bond donors (Lipinski definition) is 3. The minimum atomic E-state index is -1.02. The first-order valence-electron chi connectivity index (χ1n) is 12.0. The first kappa shape index (κ1) is 27.1. The summed E-state index contributed by atoms with van der Waals surface area (Å²) in [4.78, 5) is 40.9. The maximum Gasteiger partial charge on any atom is 0.412 e. The molecule has 1 aromatic carbocycles. The summed E-state index contributed by atoms with van der Waals surface area (Å²) in [6.45, 7) is 3.21. The van der Waals surface area contributed by atoms with E-state index >= 15 is 4.39 Å². The Kier molecular flexibility index (Phi) is 8.26. The number of aromatic nitrogens is 2. The molecule has 3 atom stereocenters. The van der Waals surface area contributed by atoms with E-state index in [1.54, 1.807) is 38.1 Å². The van der Waals surface area contributed by atoms with Crippen LogP contribution >= 0.6 is 11.6 Å². The number of anilines is 2. The third-order valence-electron chi connectivity index (χ3n) is 6.46. The molecule has 10 nitrogen and oxygen atoms in total. The molecule has 2 heterocycles. The third kappa shape index (κ3) is 5.94. The van der Waals surface area contributed by atoms with Crippen molar-refractivity contribution in [2.24, 2.45) is 11.8 Å². The van der Waals surface area contributed by atoms with Crippen LogP contribution < -0.4 is 10.6 Å². The lowest BCUT2D eigenvalue weighted by atomic mass is 9.78. The molecule has 2 unspecified atom stereocenters. The number of nitrogens with zero attached hydrogens (tertiary/aromatic N) is 2. The quantitative estimate of drug-likeness (QED) is 0.329. The highest BCUT2D eigenvalue weighted by Gasteiger charge is 2.36. The smallest absolute Gasteiger partial charge is 0.412 e. The SMILES string of the molecule is Cc1noc(-c2ncc(NC(=O)C3CCCCC3C(=O)O)cc2F)c1NC(=O)O[C@H](C)c1ccccc1Cl. The highest BCUT2D eigenvalue weighted by Crippen LogP contribution is 2.34. The fraction of sp³-hybridized carbons (Fsp3) is 0.346. The van der Waals surface area contributed by atoms with Crippen LogP contribution in [0.3, 0.4) is 0 Å². The topological polar surface area (TPSA) is 144 Å². The molecule has 1 saturated carbocycles. The van der Waals surface area contributed by atoms with Crippen molar-refractivity contribution in [1.82, 2.24) is 10.1 Å². The first-order valence-corrected chi connectivity index (χ1v) is 12.4. The Morgan fingerprint density at radius 2 is 1.89 bits per heavy atom. The van der Waals surface area contributed by atoms with Crippen LogP contribution in [0.15, 0.2) is 41.1 Å². The van der Waals surface area contributed by atoms with Crippen LogP contribution in [0.1, 0.15) is 50.0 Å². The Morgan fingerprint density at radius 1 is 1.18 bits per heavy atom. The summed E-state index contributed by atoms with van der Waals surface area (Å²) in [5.74, 6) is -4.01. The number of nitrogens with one attached hydrogen (secondary N) is 2. The van der Waals surface area contributed by atoms with Crippen LogP contribution in [0.4, 0.5) is 20.6 Å². The predicted octanol–water partition coefficient (Wildman–Crippen LogP) is 5.98. The zero-order chi connectivity index (χ0) is 27.4. The van der Waals surface area contributed by atoms with Gasteiger partial charge in [-0.2, -0.15) is 0 Å². The molecule has 38 heavy (non-hydrogen) atoms. The van der Waals surface area contributed by atoms with Gasteiger partial charge < -0.3 is 19.7 Å². The van der Waals surface area contributed by atoms with Crippen molar-refractivity contribution in [1.29, 1.82) is 0 Å². The van der Waals surface area contributed by atoms with Gasteiger partial charge in [-0.3, -0.25) is 14.9 Å². The molecule has 1 fully saturated rings. The van der Waals surface area contributed by atoms with Crippen molar-refractivity contribution in [3.63, 3.8) is 0 Å². The van der Waals surface area contributed by atoms with Gasteiger partial charge in [0.2, 0.25) is 11.7 Å². The summed E-state index contributed by atoms with van der Waals surface area (Å²) >= 11 is 6.16. The van der Waals surface area contributed by atoms with Crippen LogP contribution in [0.2, 0.25) is 5.02 Å². The number of carboxylic acid groups (broad SMARTS) is 1. The maximum atomic E-state index is 15.1. The molecule has 200 valence electrons. The molecule has 3 aromatic rings. The van der Waals surface area contributed by atoms with E-state index in [0.717, 1.165) is 18.9 Å². The largest absolute Gasteiger partial charge is 0.481 e. The lowest BCUT2D eigenvalue weighted by molar-refractivity contribution is -0.147. The monoisotopic (exact) mass is 544 g/mol. The van der Waals surface area contributed by atoms with Crippen LogP contribution in [0.5, 0.6) is 0 Å². The van der Waals surface area contributed by atoms with Gasteiger partial charge in [-0.05, 0) is 32.8 Å². The summed E-state index contributed by atoms with van der Waals surface area (Å²) in [5, 5.41) is 18.7. The summed E-state index contributed by atoms with van der Waals surface area (Å²) in [6, 6.07) is 7.97. The summed E-state index contributed by atoms with van der Waals surface area (Å²) in [7, 11) is 0. The number of hydrogen-bond acceptors (Lipinski definition) is 7. The van der Waals surface area contributed by atoms with Gasteiger partial charge in [-0.15, -0.1) is 0 Å². The molecule has 4 rings (SSSR count). The number of ether oxygens (including phenoxy) is 1. The van der Waals surface area contributed by atoms with E-state index in [-0.39, 0.29) is 28.5 Å². The summed E-state index contributed by atoms with van der Waals surface area (Å²) < 4.78 is 25.7. The fourth-order valence-corrected chi connectivity index (χ4v) is 4.78. The van der Waals surface area contributed by atoms with Gasteiger partial charge in [-0.25, -0.2) is 14.2 Å². The summed E-state index contributed by atoms with van der Waals surface area (Å²) in [6.07, 6.45) is 2.05. The lowest BCUT2D eigenvalue weighted by Gasteiger charge is -2.27. The number of amides is 2.